The molecular weight excluding hydrogens is 518 g/mol. The lowest BCUT2D eigenvalue weighted by molar-refractivity contribution is 0.00392. The second kappa shape index (κ2) is 11.3. The molecule has 0 amide bonds. The van der Waals surface area contributed by atoms with Crippen LogP contribution in [0.15, 0.2) is 27.9 Å². The minimum Gasteiger partial charge on any atom is -0.473 e. The van der Waals surface area contributed by atoms with E-state index < -0.39 is 15.7 Å². The molecule has 3 heterocycles. The van der Waals surface area contributed by atoms with Gasteiger partial charge in [0.05, 0.1) is 12.0 Å². The largest absolute Gasteiger partial charge is 0.473 e. The molecule has 1 atom stereocenters. The van der Waals surface area contributed by atoms with Crippen LogP contribution >= 0.6 is 0 Å². The molecule has 39 heavy (non-hydrogen) atoms. The fourth-order valence-electron chi connectivity index (χ4n) is 4.80. The van der Waals surface area contributed by atoms with Gasteiger partial charge in [-0.1, -0.05) is 53.7 Å². The minimum absolute atomic E-state index is 0.0609. The third-order valence-corrected chi connectivity index (χ3v) is 8.40. The third-order valence-electron chi connectivity index (χ3n) is 7.05. The Morgan fingerprint density at radius 1 is 1.00 bits per heavy atom. The number of hydrogen-bond acceptors (Lipinski definition) is 8. The average molecular weight is 558 g/mol. The van der Waals surface area contributed by atoms with Crippen LogP contribution in [-0.2, 0) is 21.9 Å². The molecule has 0 aliphatic carbocycles. The molecule has 212 valence electrons. The number of fused-ring (bicyclic) bond motifs is 1. The number of hydrogen-bond donors (Lipinski definition) is 0. The number of rotatable bonds is 8. The fraction of sp³-hybridized carbons (Fsp3) is 0.552. The second-order valence-corrected chi connectivity index (χ2v) is 12.7. The minimum atomic E-state index is -4.34. The first-order valence-electron chi connectivity index (χ1n) is 13.5. The van der Waals surface area contributed by atoms with Crippen molar-refractivity contribution in [3.63, 3.8) is 0 Å². The Morgan fingerprint density at radius 3 is 2.18 bits per heavy atom. The topological polar surface area (TPSA) is 110 Å². The normalized spacial score (nSPS) is 16.4. The lowest BCUT2D eigenvalue weighted by atomic mass is 9.89. The van der Waals surface area contributed by atoms with Crippen molar-refractivity contribution in [2.24, 2.45) is 7.05 Å². The van der Waals surface area contributed by atoms with Gasteiger partial charge in [0.2, 0.25) is 5.88 Å². The molecule has 0 bridgehead atoms. The Balaban J connectivity index is 1.88. The molecule has 0 radical (unpaired) electrons. The zero-order valence-corrected chi connectivity index (χ0v) is 24.9. The molecule has 2 aromatic heterocycles. The molecule has 0 N–H and O–H groups in total. The third kappa shape index (κ3) is 5.96. The molecule has 3 aromatic rings. The van der Waals surface area contributed by atoms with Crippen LogP contribution in [0, 0.1) is 6.92 Å². The van der Waals surface area contributed by atoms with Crippen molar-refractivity contribution in [3.8, 4) is 11.8 Å². The van der Waals surface area contributed by atoms with E-state index in [1.54, 1.807) is 20.0 Å². The maximum absolute atomic E-state index is 14.0. The van der Waals surface area contributed by atoms with Crippen molar-refractivity contribution >= 4 is 21.0 Å². The van der Waals surface area contributed by atoms with E-state index in [1.807, 2.05) is 39.8 Å². The van der Waals surface area contributed by atoms with Crippen LogP contribution < -0.4 is 14.5 Å². The van der Waals surface area contributed by atoms with E-state index in [4.69, 9.17) is 13.7 Å². The van der Waals surface area contributed by atoms with Gasteiger partial charge in [0.1, 0.15) is 22.3 Å². The Hall–Kier alpha value is -2.98. The molecule has 0 spiro atoms. The summed E-state index contributed by atoms with van der Waals surface area (Å²) in [7, 11) is -2.75. The lowest BCUT2D eigenvalue weighted by Crippen LogP contribution is -2.31. The Kier molecular flexibility index (Phi) is 8.37. The number of benzene rings is 1. The SMILES string of the molecule is Cc1nc(OS(=O)(=O)c2c(C(C)C)cc(C(C)C)cc2C(C)C)c2cc(OC3CCCOC3)n(C)c(=O)c2n1. The zero-order valence-electron chi connectivity index (χ0n) is 24.1. The summed E-state index contributed by atoms with van der Waals surface area (Å²) in [6.07, 6.45) is 1.42. The molecule has 1 aliphatic heterocycles. The summed E-state index contributed by atoms with van der Waals surface area (Å²) in [5.74, 6) is 0.395. The summed E-state index contributed by atoms with van der Waals surface area (Å²) in [6.45, 7) is 14.7. The molecule has 1 unspecified atom stereocenters. The smallest absolute Gasteiger partial charge is 0.341 e. The van der Waals surface area contributed by atoms with Gasteiger partial charge in [0.15, 0.2) is 5.88 Å². The molecular formula is C29H39N3O6S. The number of pyridine rings is 1. The molecule has 1 saturated heterocycles. The van der Waals surface area contributed by atoms with E-state index in [0.717, 1.165) is 18.4 Å². The maximum Gasteiger partial charge on any atom is 0.341 e. The van der Waals surface area contributed by atoms with Crippen LogP contribution in [0.25, 0.3) is 10.9 Å². The predicted octanol–water partition coefficient (Wildman–Crippen LogP) is 5.33. The quantitative estimate of drug-likeness (QED) is 0.342. The fourth-order valence-corrected chi connectivity index (χ4v) is 6.39. The number of nitrogens with zero attached hydrogens (tertiary/aromatic N) is 3. The molecule has 9 nitrogen and oxygen atoms in total. The summed E-state index contributed by atoms with van der Waals surface area (Å²) >= 11 is 0. The summed E-state index contributed by atoms with van der Waals surface area (Å²) < 4.78 is 46.8. The molecule has 10 heteroatoms. The Bertz CT molecular complexity index is 1510. The lowest BCUT2D eigenvalue weighted by Gasteiger charge is -2.24. The van der Waals surface area contributed by atoms with E-state index in [0.29, 0.717) is 24.3 Å². The molecule has 1 aliphatic rings. The standard InChI is InChI=1S/C29H39N3O6S/c1-16(2)20-12-22(17(3)4)27(23(13-20)18(5)6)39(34,35)38-28-24-14-25(37-21-10-9-11-36-15-21)32(8)29(33)26(24)30-19(7)31-28/h12-14,16-18,21H,9-11,15H2,1-8H3. The van der Waals surface area contributed by atoms with Gasteiger partial charge in [-0.2, -0.15) is 13.4 Å². The number of aryl methyl sites for hydroxylation is 1. The summed E-state index contributed by atoms with van der Waals surface area (Å²) in [4.78, 5) is 22.1. The molecule has 1 fully saturated rings. The van der Waals surface area contributed by atoms with Gasteiger partial charge >= 0.3 is 10.1 Å². The van der Waals surface area contributed by atoms with Gasteiger partial charge in [-0.25, -0.2) is 4.98 Å². The van der Waals surface area contributed by atoms with Gasteiger partial charge in [0, 0.05) is 19.7 Å². The van der Waals surface area contributed by atoms with Crippen LogP contribution in [0.2, 0.25) is 0 Å². The monoisotopic (exact) mass is 557 g/mol. The first-order valence-corrected chi connectivity index (χ1v) is 15.0. The summed E-state index contributed by atoms with van der Waals surface area (Å²) in [5.41, 5.74) is 2.08. The molecule has 0 saturated carbocycles. The van der Waals surface area contributed by atoms with Crippen LogP contribution in [0.5, 0.6) is 11.8 Å². The Labute approximate surface area is 230 Å². The van der Waals surface area contributed by atoms with Gasteiger partial charge < -0.3 is 13.7 Å². The van der Waals surface area contributed by atoms with E-state index in [-0.39, 0.29) is 57.2 Å². The number of aromatic nitrogens is 3. The predicted molar refractivity (Wildman–Crippen MR) is 151 cm³/mol. The van der Waals surface area contributed by atoms with Crippen molar-refractivity contribution < 1.29 is 22.1 Å². The average Bonchev–Trinajstić information content (AvgIpc) is 2.87. The highest BCUT2D eigenvalue weighted by atomic mass is 32.2. The number of ether oxygens (including phenoxy) is 2. The van der Waals surface area contributed by atoms with Crippen LogP contribution in [0.4, 0.5) is 0 Å². The highest BCUT2D eigenvalue weighted by Crippen LogP contribution is 2.37. The van der Waals surface area contributed by atoms with Crippen LogP contribution in [0.3, 0.4) is 0 Å². The van der Waals surface area contributed by atoms with E-state index in [2.05, 4.69) is 23.8 Å². The van der Waals surface area contributed by atoms with Crippen molar-refractivity contribution in [3.05, 3.63) is 51.1 Å². The molecule has 1 aromatic carbocycles. The Morgan fingerprint density at radius 2 is 1.64 bits per heavy atom. The van der Waals surface area contributed by atoms with Crippen molar-refractivity contribution in [2.75, 3.05) is 13.2 Å². The highest BCUT2D eigenvalue weighted by molar-refractivity contribution is 7.87. The van der Waals surface area contributed by atoms with E-state index in [9.17, 15) is 13.2 Å². The molecule has 4 rings (SSSR count). The second-order valence-electron chi connectivity index (χ2n) is 11.2. The maximum atomic E-state index is 14.0. The van der Waals surface area contributed by atoms with Crippen LogP contribution in [0.1, 0.15) is 94.7 Å². The van der Waals surface area contributed by atoms with Crippen molar-refractivity contribution in [1.29, 1.82) is 0 Å². The van der Waals surface area contributed by atoms with Gasteiger partial charge in [0.25, 0.3) is 5.56 Å². The first kappa shape index (κ1) is 29.0. The summed E-state index contributed by atoms with van der Waals surface area (Å²) in [6, 6.07) is 5.48. The van der Waals surface area contributed by atoms with E-state index >= 15 is 0 Å². The van der Waals surface area contributed by atoms with Gasteiger partial charge in [-0.3, -0.25) is 9.36 Å². The van der Waals surface area contributed by atoms with Gasteiger partial charge in [-0.15, -0.1) is 0 Å². The summed E-state index contributed by atoms with van der Waals surface area (Å²) in [5, 5.41) is 0.176. The van der Waals surface area contributed by atoms with Crippen molar-refractivity contribution in [2.45, 2.75) is 90.1 Å². The van der Waals surface area contributed by atoms with Crippen LogP contribution in [-0.4, -0.2) is 42.3 Å². The zero-order chi connectivity index (χ0) is 28.6. The highest BCUT2D eigenvalue weighted by Gasteiger charge is 2.30. The van der Waals surface area contributed by atoms with Crippen molar-refractivity contribution in [1.82, 2.24) is 14.5 Å². The van der Waals surface area contributed by atoms with E-state index in [1.165, 1.54) is 4.57 Å². The van der Waals surface area contributed by atoms with Gasteiger partial charge in [-0.05, 0) is 54.2 Å². The first-order chi connectivity index (χ1) is 18.3.